The first-order chi connectivity index (χ1) is 9.10. The lowest BCUT2D eigenvalue weighted by Gasteiger charge is -2.01. The zero-order valence-corrected chi connectivity index (χ0v) is 11.1. The number of aromatic nitrogens is 2. The van der Waals surface area contributed by atoms with Gasteiger partial charge in [-0.2, -0.15) is 0 Å². The van der Waals surface area contributed by atoms with Gasteiger partial charge in [0, 0.05) is 12.2 Å². The maximum Gasteiger partial charge on any atom is 0.327 e. The number of H-pyrrole nitrogens is 2. The molecule has 1 aromatic heterocycles. The third-order valence-corrected chi connectivity index (χ3v) is 3.44. The number of hydrogen-bond acceptors (Lipinski definition) is 6. The van der Waals surface area contributed by atoms with Crippen LogP contribution < -0.4 is 11.2 Å². The predicted octanol–water partition coefficient (Wildman–Crippen LogP) is 0.336. The third kappa shape index (κ3) is 3.34. The highest BCUT2D eigenvalue weighted by Gasteiger charge is 2.19. The zero-order chi connectivity index (χ0) is 13.8. The van der Waals surface area contributed by atoms with Gasteiger partial charge in [-0.05, 0) is 6.92 Å². The lowest BCUT2D eigenvalue weighted by molar-refractivity contribution is -0.142. The Morgan fingerprint density at radius 2 is 2.21 bits per heavy atom. The van der Waals surface area contributed by atoms with Crippen LogP contribution in [-0.2, 0) is 16.0 Å². The van der Waals surface area contributed by atoms with Crippen LogP contribution in [0.5, 0.6) is 0 Å². The van der Waals surface area contributed by atoms with E-state index in [9.17, 15) is 14.4 Å². The number of aromatic amines is 2. The number of carbonyl (C=O) groups excluding carboxylic acids is 1. The molecule has 0 saturated heterocycles. The van der Waals surface area contributed by atoms with Crippen molar-refractivity contribution in [2.75, 3.05) is 12.4 Å². The summed E-state index contributed by atoms with van der Waals surface area (Å²) in [5, 5.41) is 0.714. The summed E-state index contributed by atoms with van der Waals surface area (Å²) in [6.07, 6.45) is 0.676. The first kappa shape index (κ1) is 13.6. The van der Waals surface area contributed by atoms with Crippen molar-refractivity contribution < 1.29 is 9.53 Å². The molecule has 0 aromatic carbocycles. The smallest absolute Gasteiger partial charge is 0.327 e. The second-order valence-electron chi connectivity index (χ2n) is 3.82. The number of thioether (sulfide) groups is 1. The monoisotopic (exact) mass is 283 g/mol. The molecule has 19 heavy (non-hydrogen) atoms. The standard InChI is InChI=1S/C11H13N3O4S/c1-2-18-8(15)3-4-19-7-5-6-9(12-7)13-11(17)14-10(6)16/h2-5H2,1H3,(H2,13,14,16,17). The molecule has 1 aliphatic heterocycles. The van der Waals surface area contributed by atoms with Gasteiger partial charge in [0.05, 0.1) is 23.6 Å². The first-order valence-corrected chi connectivity index (χ1v) is 6.80. The Hall–Kier alpha value is -1.83. The minimum atomic E-state index is -0.565. The number of carbonyl (C=O) groups is 1. The van der Waals surface area contributed by atoms with Gasteiger partial charge in [0.1, 0.15) is 5.82 Å². The maximum absolute atomic E-state index is 11.5. The van der Waals surface area contributed by atoms with Crippen LogP contribution in [0.3, 0.4) is 0 Å². The average Bonchev–Trinajstić information content (AvgIpc) is 2.72. The summed E-state index contributed by atoms with van der Waals surface area (Å²) < 4.78 is 4.81. The summed E-state index contributed by atoms with van der Waals surface area (Å²) in [5.74, 6) is 0.595. The second kappa shape index (κ2) is 5.87. The molecule has 0 fully saturated rings. The van der Waals surface area contributed by atoms with Gasteiger partial charge in [-0.25, -0.2) is 9.79 Å². The molecule has 8 heteroatoms. The summed E-state index contributed by atoms with van der Waals surface area (Å²) in [6, 6.07) is 0. The van der Waals surface area contributed by atoms with E-state index in [1.807, 2.05) is 0 Å². The van der Waals surface area contributed by atoms with Crippen LogP contribution in [0.1, 0.15) is 18.9 Å². The molecule has 1 aromatic rings. The molecule has 102 valence electrons. The van der Waals surface area contributed by atoms with E-state index in [1.54, 1.807) is 6.92 Å². The van der Waals surface area contributed by atoms with Crippen molar-refractivity contribution in [2.45, 2.75) is 19.8 Å². The lowest BCUT2D eigenvalue weighted by Crippen LogP contribution is -2.24. The van der Waals surface area contributed by atoms with Crippen molar-refractivity contribution >= 4 is 28.6 Å². The quantitative estimate of drug-likeness (QED) is 0.775. The molecule has 1 aliphatic rings. The lowest BCUT2D eigenvalue weighted by atomic mass is 10.3. The molecular formula is C11H13N3O4S. The van der Waals surface area contributed by atoms with Crippen LogP contribution in [0.4, 0.5) is 5.82 Å². The van der Waals surface area contributed by atoms with Crippen LogP contribution >= 0.6 is 11.8 Å². The molecule has 0 aliphatic carbocycles. The van der Waals surface area contributed by atoms with Crippen LogP contribution in [0.2, 0.25) is 0 Å². The van der Waals surface area contributed by atoms with Crippen LogP contribution in [-0.4, -0.2) is 33.3 Å². The van der Waals surface area contributed by atoms with E-state index in [2.05, 4.69) is 15.0 Å². The van der Waals surface area contributed by atoms with Gasteiger partial charge in [0.2, 0.25) is 0 Å². The Morgan fingerprint density at radius 3 is 2.95 bits per heavy atom. The Morgan fingerprint density at radius 1 is 1.42 bits per heavy atom. The summed E-state index contributed by atoms with van der Waals surface area (Å²) in [5.41, 5.74) is -0.521. The van der Waals surface area contributed by atoms with Gasteiger partial charge in [-0.1, -0.05) is 0 Å². The fourth-order valence-corrected chi connectivity index (χ4v) is 2.55. The number of esters is 1. The van der Waals surface area contributed by atoms with Crippen LogP contribution in [0.25, 0.3) is 0 Å². The third-order valence-electron chi connectivity index (χ3n) is 2.46. The number of nitrogens with zero attached hydrogens (tertiary/aromatic N) is 1. The Kier molecular flexibility index (Phi) is 4.20. The van der Waals surface area contributed by atoms with Crippen molar-refractivity contribution in [1.29, 1.82) is 0 Å². The van der Waals surface area contributed by atoms with E-state index in [4.69, 9.17) is 4.74 Å². The Balaban J connectivity index is 1.94. The molecule has 7 nitrogen and oxygen atoms in total. The summed E-state index contributed by atoms with van der Waals surface area (Å²) >= 11 is 1.38. The highest BCUT2D eigenvalue weighted by atomic mass is 32.2. The van der Waals surface area contributed by atoms with Gasteiger partial charge in [0.25, 0.3) is 5.56 Å². The average molecular weight is 283 g/mol. The van der Waals surface area contributed by atoms with Gasteiger partial charge < -0.3 is 4.74 Å². The van der Waals surface area contributed by atoms with Crippen LogP contribution in [0, 0.1) is 0 Å². The fourth-order valence-electron chi connectivity index (χ4n) is 1.64. The number of aliphatic imine (C=N–C) groups is 1. The molecule has 0 spiro atoms. The molecule has 0 saturated carbocycles. The minimum absolute atomic E-state index is 0.252. The summed E-state index contributed by atoms with van der Waals surface area (Å²) in [7, 11) is 0. The maximum atomic E-state index is 11.5. The molecule has 2 rings (SSSR count). The molecule has 0 atom stereocenters. The van der Waals surface area contributed by atoms with Crippen LogP contribution in [0.15, 0.2) is 14.6 Å². The molecule has 0 bridgehead atoms. The fraction of sp³-hybridized carbons (Fsp3) is 0.455. The highest BCUT2D eigenvalue weighted by molar-refractivity contribution is 8.14. The molecule has 2 N–H and O–H groups in total. The SMILES string of the molecule is CCOC(=O)CCSC1=Nc2[nH]c(=O)[nH]c(=O)c2C1. The topological polar surface area (TPSA) is 104 Å². The summed E-state index contributed by atoms with van der Waals surface area (Å²) in [4.78, 5) is 42.6. The van der Waals surface area contributed by atoms with Crippen molar-refractivity contribution in [1.82, 2.24) is 9.97 Å². The molecule has 2 heterocycles. The molecule has 0 unspecified atom stereocenters. The highest BCUT2D eigenvalue weighted by Crippen LogP contribution is 2.24. The number of hydrogen-bond donors (Lipinski definition) is 2. The number of ether oxygens (including phenoxy) is 1. The van der Waals surface area contributed by atoms with Crippen molar-refractivity contribution in [2.24, 2.45) is 4.99 Å². The van der Waals surface area contributed by atoms with Crippen molar-refractivity contribution in [3.63, 3.8) is 0 Å². The minimum Gasteiger partial charge on any atom is -0.466 e. The van der Waals surface area contributed by atoms with Gasteiger partial charge in [-0.3, -0.25) is 19.6 Å². The second-order valence-corrected chi connectivity index (χ2v) is 4.99. The van der Waals surface area contributed by atoms with E-state index in [1.165, 1.54) is 11.8 Å². The number of rotatable bonds is 4. The largest absolute Gasteiger partial charge is 0.466 e. The predicted molar refractivity (Wildman–Crippen MR) is 72.2 cm³/mol. The van der Waals surface area contributed by atoms with E-state index >= 15 is 0 Å². The van der Waals surface area contributed by atoms with E-state index in [-0.39, 0.29) is 5.97 Å². The van der Waals surface area contributed by atoms with Crippen molar-refractivity contribution in [3.05, 3.63) is 26.4 Å². The van der Waals surface area contributed by atoms with Gasteiger partial charge in [-0.15, -0.1) is 11.8 Å². The number of nitrogens with one attached hydrogen (secondary N) is 2. The zero-order valence-electron chi connectivity index (χ0n) is 10.3. The van der Waals surface area contributed by atoms with Gasteiger partial charge in [0.15, 0.2) is 0 Å². The van der Waals surface area contributed by atoms with E-state index < -0.39 is 11.2 Å². The van der Waals surface area contributed by atoms with Crippen molar-refractivity contribution in [3.8, 4) is 0 Å². The first-order valence-electron chi connectivity index (χ1n) is 5.81. The molecule has 0 radical (unpaired) electrons. The molecule has 0 amide bonds. The normalized spacial score (nSPS) is 13.0. The van der Waals surface area contributed by atoms with Gasteiger partial charge >= 0.3 is 11.7 Å². The molecular weight excluding hydrogens is 270 g/mol. The van der Waals surface area contributed by atoms with E-state index in [0.717, 1.165) is 0 Å². The Bertz CT molecular complexity index is 632. The summed E-state index contributed by atoms with van der Waals surface area (Å²) in [6.45, 7) is 2.12. The Labute approximate surface area is 112 Å². The van der Waals surface area contributed by atoms with E-state index in [0.29, 0.717) is 41.6 Å². The number of fused-ring (bicyclic) bond motifs is 1.